The first kappa shape index (κ1) is 7.53. The zero-order valence-electron chi connectivity index (χ0n) is 7.15. The topological polar surface area (TPSA) is 3.24 Å². The van der Waals surface area contributed by atoms with Crippen molar-refractivity contribution in [2.75, 3.05) is 13.1 Å². The molecule has 0 aliphatic carbocycles. The molecule has 2 heterocycles. The molecule has 2 heteroatoms. The fourth-order valence-electron chi connectivity index (χ4n) is 2.77. The Labute approximate surface area is 67.6 Å². The highest BCUT2D eigenvalue weighted by Crippen LogP contribution is 2.41. The highest BCUT2D eigenvalue weighted by Gasteiger charge is 2.46. The molecule has 11 heavy (non-hydrogen) atoms. The molecule has 2 rings (SSSR count). The van der Waals surface area contributed by atoms with Gasteiger partial charge in [0.05, 0.1) is 0 Å². The van der Waals surface area contributed by atoms with E-state index in [-0.39, 0.29) is 5.54 Å². The van der Waals surface area contributed by atoms with Crippen LogP contribution in [0.15, 0.2) is 0 Å². The van der Waals surface area contributed by atoms with Crippen LogP contribution in [0, 0.1) is 0 Å². The molecule has 0 N–H and O–H groups in total. The first-order valence-corrected chi connectivity index (χ1v) is 4.66. The number of hydrogen-bond acceptors (Lipinski definition) is 1. The third kappa shape index (κ3) is 0.994. The summed E-state index contributed by atoms with van der Waals surface area (Å²) in [5.41, 5.74) is 0.277. The predicted molar refractivity (Wildman–Crippen MR) is 43.3 cm³/mol. The average Bonchev–Trinajstić information content (AvgIpc) is 2.43. The van der Waals surface area contributed by atoms with Crippen molar-refractivity contribution >= 4 is 0 Å². The SMILES string of the molecule is CC[C@@]12CCCN1C[C@H](F)C2. The van der Waals surface area contributed by atoms with Crippen LogP contribution in [-0.2, 0) is 0 Å². The molecule has 0 radical (unpaired) electrons. The Balaban J connectivity index is 2.15. The van der Waals surface area contributed by atoms with Crippen molar-refractivity contribution in [1.29, 1.82) is 0 Å². The Bertz CT molecular complexity index is 160. The van der Waals surface area contributed by atoms with Crippen LogP contribution >= 0.6 is 0 Å². The van der Waals surface area contributed by atoms with Crippen molar-refractivity contribution in [3.63, 3.8) is 0 Å². The number of hydrogen-bond donors (Lipinski definition) is 0. The van der Waals surface area contributed by atoms with Crippen LogP contribution in [0.1, 0.15) is 32.6 Å². The summed E-state index contributed by atoms with van der Waals surface area (Å²) in [6.07, 6.45) is 3.89. The summed E-state index contributed by atoms with van der Waals surface area (Å²) in [6, 6.07) is 0. The molecule has 0 bridgehead atoms. The van der Waals surface area contributed by atoms with Crippen LogP contribution in [0.2, 0.25) is 0 Å². The summed E-state index contributed by atoms with van der Waals surface area (Å²) in [7, 11) is 0. The van der Waals surface area contributed by atoms with Gasteiger partial charge in [0.2, 0.25) is 0 Å². The maximum atomic E-state index is 13.0. The molecule has 0 aromatic carbocycles. The van der Waals surface area contributed by atoms with E-state index in [1.807, 2.05) is 0 Å². The molecule has 0 amide bonds. The Morgan fingerprint density at radius 1 is 1.64 bits per heavy atom. The fourth-order valence-corrected chi connectivity index (χ4v) is 2.77. The second-order valence-electron chi connectivity index (χ2n) is 3.93. The molecular weight excluding hydrogens is 141 g/mol. The fraction of sp³-hybridized carbons (Fsp3) is 1.00. The molecule has 2 saturated heterocycles. The normalized spacial score (nSPS) is 44.7. The molecule has 0 spiro atoms. The lowest BCUT2D eigenvalue weighted by molar-refractivity contribution is 0.189. The number of alkyl halides is 1. The smallest absolute Gasteiger partial charge is 0.115 e. The second kappa shape index (κ2) is 2.44. The van der Waals surface area contributed by atoms with E-state index in [1.54, 1.807) is 0 Å². The summed E-state index contributed by atoms with van der Waals surface area (Å²) in [5, 5.41) is 0. The largest absolute Gasteiger partial charge is 0.295 e. The molecule has 2 atom stereocenters. The van der Waals surface area contributed by atoms with Gasteiger partial charge in [-0.25, -0.2) is 4.39 Å². The van der Waals surface area contributed by atoms with Gasteiger partial charge in [-0.3, -0.25) is 4.90 Å². The molecule has 2 aliphatic rings. The van der Waals surface area contributed by atoms with Gasteiger partial charge in [-0.15, -0.1) is 0 Å². The first-order valence-electron chi connectivity index (χ1n) is 4.66. The molecule has 2 aliphatic heterocycles. The number of fused-ring (bicyclic) bond motifs is 1. The van der Waals surface area contributed by atoms with Crippen LogP contribution in [0.5, 0.6) is 0 Å². The van der Waals surface area contributed by atoms with Gasteiger partial charge in [0, 0.05) is 12.1 Å². The molecule has 1 nitrogen and oxygen atoms in total. The first-order chi connectivity index (χ1) is 5.27. The van der Waals surface area contributed by atoms with Gasteiger partial charge in [-0.2, -0.15) is 0 Å². The Kier molecular flexibility index (Phi) is 1.67. The van der Waals surface area contributed by atoms with Crippen molar-refractivity contribution < 1.29 is 4.39 Å². The summed E-state index contributed by atoms with van der Waals surface area (Å²) < 4.78 is 13.0. The summed E-state index contributed by atoms with van der Waals surface area (Å²) in [4.78, 5) is 2.36. The van der Waals surface area contributed by atoms with E-state index in [0.29, 0.717) is 6.54 Å². The standard InChI is InChI=1S/C9H16FN/c1-2-9-4-3-5-11(9)7-8(10)6-9/h8H,2-7H2,1H3/t8-,9+/m1/s1. The monoisotopic (exact) mass is 157 g/mol. The molecule has 0 aromatic heterocycles. The van der Waals surface area contributed by atoms with E-state index in [0.717, 1.165) is 19.4 Å². The van der Waals surface area contributed by atoms with Crippen molar-refractivity contribution in [2.24, 2.45) is 0 Å². The van der Waals surface area contributed by atoms with Crippen molar-refractivity contribution in [1.82, 2.24) is 4.90 Å². The van der Waals surface area contributed by atoms with Gasteiger partial charge >= 0.3 is 0 Å². The molecule has 0 aromatic rings. The van der Waals surface area contributed by atoms with Gasteiger partial charge in [0.25, 0.3) is 0 Å². The lowest BCUT2D eigenvalue weighted by atomic mass is 9.91. The number of halogens is 1. The van der Waals surface area contributed by atoms with Gasteiger partial charge < -0.3 is 0 Å². The Morgan fingerprint density at radius 2 is 2.45 bits per heavy atom. The summed E-state index contributed by atoms with van der Waals surface area (Å²) in [5.74, 6) is 0. The van der Waals surface area contributed by atoms with Crippen LogP contribution in [0.25, 0.3) is 0 Å². The maximum absolute atomic E-state index is 13.0. The Hall–Kier alpha value is -0.110. The summed E-state index contributed by atoms with van der Waals surface area (Å²) >= 11 is 0. The molecule has 0 unspecified atom stereocenters. The highest BCUT2D eigenvalue weighted by atomic mass is 19.1. The van der Waals surface area contributed by atoms with Crippen LogP contribution in [-0.4, -0.2) is 29.7 Å². The third-order valence-electron chi connectivity index (χ3n) is 3.42. The quantitative estimate of drug-likeness (QED) is 0.562. The van der Waals surface area contributed by atoms with E-state index in [1.165, 1.54) is 12.8 Å². The highest BCUT2D eigenvalue weighted by molar-refractivity contribution is 5.02. The van der Waals surface area contributed by atoms with E-state index in [9.17, 15) is 4.39 Å². The molecule has 64 valence electrons. The van der Waals surface area contributed by atoms with Gasteiger partial charge in [0.15, 0.2) is 0 Å². The predicted octanol–water partition coefficient (Wildman–Crippen LogP) is 1.97. The summed E-state index contributed by atoms with van der Waals surface area (Å²) in [6.45, 7) is 4.03. The minimum atomic E-state index is -0.546. The van der Waals surface area contributed by atoms with Crippen molar-refractivity contribution in [3.8, 4) is 0 Å². The average molecular weight is 157 g/mol. The zero-order chi connectivity index (χ0) is 7.90. The lowest BCUT2D eigenvalue weighted by Crippen LogP contribution is -2.37. The molecule has 2 fully saturated rings. The van der Waals surface area contributed by atoms with E-state index >= 15 is 0 Å². The zero-order valence-corrected chi connectivity index (χ0v) is 7.15. The minimum Gasteiger partial charge on any atom is -0.295 e. The molecular formula is C9H16FN. The van der Waals surface area contributed by atoms with Crippen molar-refractivity contribution in [3.05, 3.63) is 0 Å². The van der Waals surface area contributed by atoms with E-state index in [4.69, 9.17) is 0 Å². The maximum Gasteiger partial charge on any atom is 0.115 e. The second-order valence-corrected chi connectivity index (χ2v) is 3.93. The Morgan fingerprint density at radius 3 is 3.09 bits per heavy atom. The van der Waals surface area contributed by atoms with Crippen LogP contribution in [0.4, 0.5) is 4.39 Å². The van der Waals surface area contributed by atoms with Crippen LogP contribution in [0.3, 0.4) is 0 Å². The number of rotatable bonds is 1. The lowest BCUT2D eigenvalue weighted by Gasteiger charge is -2.29. The minimum absolute atomic E-state index is 0.277. The van der Waals surface area contributed by atoms with E-state index in [2.05, 4.69) is 11.8 Å². The van der Waals surface area contributed by atoms with Gasteiger partial charge in [-0.1, -0.05) is 6.92 Å². The van der Waals surface area contributed by atoms with E-state index < -0.39 is 6.17 Å². The van der Waals surface area contributed by atoms with Crippen molar-refractivity contribution in [2.45, 2.75) is 44.3 Å². The number of nitrogens with zero attached hydrogens (tertiary/aromatic N) is 1. The molecule has 0 saturated carbocycles. The van der Waals surface area contributed by atoms with Crippen LogP contribution < -0.4 is 0 Å². The van der Waals surface area contributed by atoms with Gasteiger partial charge in [0.1, 0.15) is 6.17 Å². The van der Waals surface area contributed by atoms with Gasteiger partial charge in [-0.05, 0) is 32.2 Å². The third-order valence-corrected chi connectivity index (χ3v) is 3.42.